The summed E-state index contributed by atoms with van der Waals surface area (Å²) >= 11 is 0. The number of unbranched alkanes of at least 4 members (excludes halogenated alkanes) is 12. The molecule has 0 aromatic carbocycles. The molecule has 0 rings (SSSR count). The van der Waals surface area contributed by atoms with E-state index in [-0.39, 0.29) is 38.0 Å². The molecule has 0 spiro atoms. The number of carbonyl (C=O) groups excluding carboxylic acids is 3. The number of rotatable bonds is 50. The lowest BCUT2D eigenvalue weighted by Crippen LogP contribution is -2.30. The lowest BCUT2D eigenvalue weighted by atomic mass is 10.1. The van der Waals surface area contributed by atoms with Crippen LogP contribution in [0.2, 0.25) is 0 Å². The fourth-order valence-corrected chi connectivity index (χ4v) is 7.17. The Morgan fingerprint density at radius 3 is 0.959 bits per heavy atom. The second-order valence-corrected chi connectivity index (χ2v) is 18.4. The molecule has 0 aliphatic rings. The molecule has 0 aliphatic heterocycles. The maximum atomic E-state index is 12.9. The summed E-state index contributed by atoms with van der Waals surface area (Å²) in [6, 6.07) is 0. The molecule has 412 valence electrons. The summed E-state index contributed by atoms with van der Waals surface area (Å²) in [6.07, 6.45) is 89.4. The molecular formula is C68H104O6. The Labute approximate surface area is 453 Å². The second kappa shape index (κ2) is 60.3. The van der Waals surface area contributed by atoms with Crippen LogP contribution in [0.5, 0.6) is 0 Å². The predicted octanol–water partition coefficient (Wildman–Crippen LogP) is 19.9. The van der Waals surface area contributed by atoms with Gasteiger partial charge in [-0.15, -0.1) is 0 Å². The first-order valence-corrected chi connectivity index (χ1v) is 29.1. The number of ether oxygens (including phenoxy) is 3. The van der Waals surface area contributed by atoms with E-state index in [4.69, 9.17) is 14.2 Å². The van der Waals surface area contributed by atoms with Gasteiger partial charge in [0.05, 0.1) is 6.42 Å². The topological polar surface area (TPSA) is 78.9 Å². The molecule has 1 unspecified atom stereocenters. The molecule has 74 heavy (non-hydrogen) atoms. The summed E-state index contributed by atoms with van der Waals surface area (Å²) < 4.78 is 16.7. The van der Waals surface area contributed by atoms with Gasteiger partial charge in [0.15, 0.2) is 6.10 Å². The van der Waals surface area contributed by atoms with Gasteiger partial charge in [-0.3, -0.25) is 14.4 Å². The Balaban J connectivity index is 4.57. The van der Waals surface area contributed by atoms with Gasteiger partial charge in [-0.25, -0.2) is 0 Å². The summed E-state index contributed by atoms with van der Waals surface area (Å²) in [5.74, 6) is -1.13. The highest BCUT2D eigenvalue weighted by Gasteiger charge is 2.19. The Morgan fingerprint density at radius 2 is 0.581 bits per heavy atom. The zero-order valence-electron chi connectivity index (χ0n) is 47.0. The molecule has 6 nitrogen and oxygen atoms in total. The molecule has 1 atom stereocenters. The highest BCUT2D eigenvalue weighted by Crippen LogP contribution is 2.12. The van der Waals surface area contributed by atoms with E-state index < -0.39 is 12.1 Å². The van der Waals surface area contributed by atoms with Crippen LogP contribution in [0.3, 0.4) is 0 Å². The van der Waals surface area contributed by atoms with Gasteiger partial charge in [-0.1, -0.05) is 236 Å². The fraction of sp³-hybridized carbons (Fsp3) is 0.544. The van der Waals surface area contributed by atoms with E-state index in [1.165, 1.54) is 32.1 Å². The van der Waals surface area contributed by atoms with Crippen molar-refractivity contribution in [3.8, 4) is 0 Å². The SMILES string of the molecule is CC/C=C\C/C=C\C/C=C\C/C=C\C/C=C\C/C=C\C/C=C\CCCCCC(=O)OCC(COC(=O)C/C=C\C/C=C\C/C=C\C/C=C\C/C=C\CC)OC(=O)CCCCCCC/C=C\C/C=C\CCCCCC. The minimum absolute atomic E-state index is 0.109. The van der Waals surface area contributed by atoms with Crippen LogP contribution < -0.4 is 0 Å². The summed E-state index contributed by atoms with van der Waals surface area (Å²) in [7, 11) is 0. The average Bonchev–Trinajstić information content (AvgIpc) is 3.40. The largest absolute Gasteiger partial charge is 0.462 e. The lowest BCUT2D eigenvalue weighted by molar-refractivity contribution is -0.166. The third-order valence-corrected chi connectivity index (χ3v) is 11.5. The zero-order valence-corrected chi connectivity index (χ0v) is 47.0. The highest BCUT2D eigenvalue weighted by molar-refractivity contribution is 5.72. The number of allylic oxidation sites excluding steroid dienone is 27. The van der Waals surface area contributed by atoms with Crippen LogP contribution in [0.1, 0.15) is 220 Å². The first-order valence-electron chi connectivity index (χ1n) is 29.1. The molecular weight excluding hydrogens is 913 g/mol. The van der Waals surface area contributed by atoms with E-state index >= 15 is 0 Å². The van der Waals surface area contributed by atoms with Gasteiger partial charge in [-0.05, 0) is 135 Å². The van der Waals surface area contributed by atoms with Gasteiger partial charge < -0.3 is 14.2 Å². The number of esters is 3. The average molecular weight is 1020 g/mol. The number of hydrogen-bond acceptors (Lipinski definition) is 6. The van der Waals surface area contributed by atoms with Crippen LogP contribution in [0.15, 0.2) is 170 Å². The molecule has 0 saturated carbocycles. The zero-order chi connectivity index (χ0) is 53.6. The molecule has 0 fully saturated rings. The van der Waals surface area contributed by atoms with E-state index in [1.54, 1.807) is 6.08 Å². The summed E-state index contributed by atoms with van der Waals surface area (Å²) in [4.78, 5) is 38.1. The maximum absolute atomic E-state index is 12.9. The van der Waals surface area contributed by atoms with Crippen molar-refractivity contribution in [2.75, 3.05) is 13.2 Å². The van der Waals surface area contributed by atoms with Gasteiger partial charge in [0, 0.05) is 12.8 Å². The maximum Gasteiger partial charge on any atom is 0.309 e. The van der Waals surface area contributed by atoms with Crippen LogP contribution in [-0.2, 0) is 28.6 Å². The molecule has 0 aromatic rings. The molecule has 0 N–H and O–H groups in total. The molecule has 0 aliphatic carbocycles. The van der Waals surface area contributed by atoms with Crippen LogP contribution in [0, 0.1) is 0 Å². The fourth-order valence-electron chi connectivity index (χ4n) is 7.17. The van der Waals surface area contributed by atoms with Crippen LogP contribution in [-0.4, -0.2) is 37.2 Å². The molecule has 0 bridgehead atoms. The van der Waals surface area contributed by atoms with Gasteiger partial charge in [0.2, 0.25) is 0 Å². The molecule has 0 aromatic heterocycles. The third kappa shape index (κ3) is 57.7. The van der Waals surface area contributed by atoms with Crippen molar-refractivity contribution in [1.82, 2.24) is 0 Å². The number of hydrogen-bond donors (Lipinski definition) is 0. The monoisotopic (exact) mass is 1020 g/mol. The van der Waals surface area contributed by atoms with Crippen molar-refractivity contribution in [2.45, 2.75) is 226 Å². The predicted molar refractivity (Wildman–Crippen MR) is 320 cm³/mol. The van der Waals surface area contributed by atoms with E-state index in [0.717, 1.165) is 148 Å². The summed E-state index contributed by atoms with van der Waals surface area (Å²) in [6.45, 7) is 6.24. The Kier molecular flexibility index (Phi) is 56.1. The lowest BCUT2D eigenvalue weighted by Gasteiger charge is -2.18. The smallest absolute Gasteiger partial charge is 0.309 e. The number of carbonyl (C=O) groups is 3. The van der Waals surface area contributed by atoms with Crippen molar-refractivity contribution in [3.05, 3.63) is 170 Å². The first-order chi connectivity index (χ1) is 36.5. The van der Waals surface area contributed by atoms with E-state index in [1.807, 2.05) is 6.08 Å². The van der Waals surface area contributed by atoms with Crippen LogP contribution in [0.25, 0.3) is 0 Å². The van der Waals surface area contributed by atoms with Gasteiger partial charge in [-0.2, -0.15) is 0 Å². The molecule has 0 radical (unpaired) electrons. The summed E-state index contributed by atoms with van der Waals surface area (Å²) in [5, 5.41) is 0. The first kappa shape index (κ1) is 68.8. The van der Waals surface area contributed by atoms with Crippen molar-refractivity contribution in [1.29, 1.82) is 0 Å². The van der Waals surface area contributed by atoms with Crippen molar-refractivity contribution in [2.24, 2.45) is 0 Å². The van der Waals surface area contributed by atoms with Crippen molar-refractivity contribution >= 4 is 17.9 Å². The Bertz CT molecular complexity index is 1740. The molecule has 0 saturated heterocycles. The normalized spacial score (nSPS) is 13.4. The second-order valence-electron chi connectivity index (χ2n) is 18.4. The van der Waals surface area contributed by atoms with Crippen molar-refractivity contribution < 1.29 is 28.6 Å². The van der Waals surface area contributed by atoms with Crippen LogP contribution >= 0.6 is 0 Å². The summed E-state index contributed by atoms with van der Waals surface area (Å²) in [5.41, 5.74) is 0. The molecule has 0 amide bonds. The van der Waals surface area contributed by atoms with Gasteiger partial charge in [0.25, 0.3) is 0 Å². The minimum atomic E-state index is -0.849. The van der Waals surface area contributed by atoms with Crippen molar-refractivity contribution in [3.63, 3.8) is 0 Å². The third-order valence-electron chi connectivity index (χ3n) is 11.5. The van der Waals surface area contributed by atoms with E-state index in [2.05, 4.69) is 179 Å². The quantitative estimate of drug-likeness (QED) is 0.0261. The van der Waals surface area contributed by atoms with E-state index in [0.29, 0.717) is 6.42 Å². The Hall–Kier alpha value is -5.23. The van der Waals surface area contributed by atoms with Crippen LogP contribution in [0.4, 0.5) is 0 Å². The Morgan fingerprint density at radius 1 is 0.297 bits per heavy atom. The van der Waals surface area contributed by atoms with Gasteiger partial charge in [0.1, 0.15) is 13.2 Å². The van der Waals surface area contributed by atoms with E-state index in [9.17, 15) is 14.4 Å². The highest BCUT2D eigenvalue weighted by atomic mass is 16.6. The van der Waals surface area contributed by atoms with Gasteiger partial charge >= 0.3 is 17.9 Å². The molecule has 6 heteroatoms. The molecule has 0 heterocycles. The standard InChI is InChI=1S/C68H104O6/c1-4-7-10-13-16-19-22-25-28-30-31-32-33-34-35-36-37-38-41-43-46-49-52-55-58-61-67(70)73-64-65(63-72-66(69)60-57-54-51-48-45-42-39-27-24-21-18-15-12-9-6-3)74-68(71)62-59-56-53-50-47-44-40-29-26-23-20-17-14-11-8-5-2/h7,9-10,12,16,18-21,23,25,27-29,31-32,34-35,37-40,43,45-46,48,54,57,65H,4-6,8,11,13-15,17,22,24,26,30,33,36,41-42,44,47,49-53,55-56,58-64H2,1-3H3/b10-7-,12-9-,19-16-,21-18-,23-20-,28-25-,32-31-,35-34-,38-37-,39-27-,40-29-,46-43-,48-45-,57-54-. The minimum Gasteiger partial charge on any atom is -0.462 e.